The van der Waals surface area contributed by atoms with Gasteiger partial charge in [-0.05, 0) is 61.3 Å². The molecule has 1 atom stereocenters. The van der Waals surface area contributed by atoms with E-state index in [4.69, 9.17) is 9.84 Å². The lowest BCUT2D eigenvalue weighted by atomic mass is 10.0. The van der Waals surface area contributed by atoms with Crippen molar-refractivity contribution in [2.45, 2.75) is 25.4 Å². The molecule has 2 N–H and O–H groups in total. The average Bonchev–Trinajstić information content (AvgIpc) is 3.20. The molecule has 0 bridgehead atoms. The number of rotatable bonds is 8. The second kappa shape index (κ2) is 8.83. The van der Waals surface area contributed by atoms with Crippen molar-refractivity contribution in [3.05, 3.63) is 65.2 Å². The molecule has 0 spiro atoms. The normalized spacial score (nSPS) is 15.7. The lowest BCUT2D eigenvalue weighted by Crippen LogP contribution is -2.34. The number of methoxy groups -OCH3 is 1. The van der Waals surface area contributed by atoms with Crippen LogP contribution in [0.3, 0.4) is 0 Å². The maximum Gasteiger partial charge on any atom is 0.335 e. The van der Waals surface area contributed by atoms with Crippen LogP contribution >= 0.6 is 0 Å². The Morgan fingerprint density at radius 1 is 1.19 bits per heavy atom. The van der Waals surface area contributed by atoms with E-state index in [-0.39, 0.29) is 6.04 Å². The van der Waals surface area contributed by atoms with E-state index >= 15 is 0 Å². The van der Waals surface area contributed by atoms with Gasteiger partial charge in [0.15, 0.2) is 0 Å². The number of ether oxygens (including phenoxy) is 1. The van der Waals surface area contributed by atoms with Gasteiger partial charge in [0, 0.05) is 19.1 Å². The van der Waals surface area contributed by atoms with Crippen molar-refractivity contribution in [2.24, 2.45) is 0 Å². The van der Waals surface area contributed by atoms with Gasteiger partial charge in [-0.3, -0.25) is 4.90 Å². The Kier molecular flexibility index (Phi) is 6.26. The summed E-state index contributed by atoms with van der Waals surface area (Å²) in [4.78, 5) is 13.6. The molecule has 1 fully saturated rings. The van der Waals surface area contributed by atoms with Gasteiger partial charge in [0.2, 0.25) is 0 Å². The number of benzene rings is 2. The molecule has 1 aliphatic heterocycles. The number of carboxylic acids is 1. The second-order valence-electron chi connectivity index (χ2n) is 6.67. The van der Waals surface area contributed by atoms with E-state index in [0.29, 0.717) is 12.1 Å². The van der Waals surface area contributed by atoms with E-state index in [9.17, 15) is 4.79 Å². The average molecular weight is 354 g/mol. The standard InChI is InChI=1S/C21H26N2O3/c1-26-19-9-5-7-17(13-19)20(23-10-2-3-11-23)15-22-14-16-6-4-8-18(12-16)21(24)25/h4-9,12-13,20,22H,2-3,10-11,14-15H2,1H3,(H,24,25). The molecule has 0 saturated carbocycles. The first kappa shape index (κ1) is 18.4. The largest absolute Gasteiger partial charge is 0.497 e. The highest BCUT2D eigenvalue weighted by Gasteiger charge is 2.23. The van der Waals surface area contributed by atoms with Crippen LogP contribution in [0.5, 0.6) is 5.75 Å². The molecule has 138 valence electrons. The fourth-order valence-electron chi connectivity index (χ4n) is 3.53. The second-order valence-corrected chi connectivity index (χ2v) is 6.67. The molecule has 1 unspecified atom stereocenters. The number of carboxylic acid groups (broad SMARTS) is 1. The smallest absolute Gasteiger partial charge is 0.335 e. The van der Waals surface area contributed by atoms with E-state index in [0.717, 1.165) is 30.9 Å². The minimum atomic E-state index is -0.891. The van der Waals surface area contributed by atoms with E-state index in [1.54, 1.807) is 25.3 Å². The van der Waals surface area contributed by atoms with Crippen molar-refractivity contribution in [3.8, 4) is 5.75 Å². The van der Waals surface area contributed by atoms with Crippen molar-refractivity contribution < 1.29 is 14.6 Å². The molecule has 2 aromatic rings. The van der Waals surface area contributed by atoms with Gasteiger partial charge < -0.3 is 15.2 Å². The third kappa shape index (κ3) is 4.62. The maximum atomic E-state index is 11.1. The molecule has 5 nitrogen and oxygen atoms in total. The number of hydrogen-bond acceptors (Lipinski definition) is 4. The molecule has 0 amide bonds. The van der Waals surface area contributed by atoms with Gasteiger partial charge in [-0.1, -0.05) is 24.3 Å². The zero-order valence-electron chi connectivity index (χ0n) is 15.1. The van der Waals surface area contributed by atoms with Crippen LogP contribution in [0.15, 0.2) is 48.5 Å². The maximum absolute atomic E-state index is 11.1. The highest BCUT2D eigenvalue weighted by atomic mass is 16.5. The molecule has 26 heavy (non-hydrogen) atoms. The molecular formula is C21H26N2O3. The predicted octanol–water partition coefficient (Wildman–Crippen LogP) is 3.32. The number of carbonyl (C=O) groups is 1. The Morgan fingerprint density at radius 3 is 2.69 bits per heavy atom. The first-order valence-corrected chi connectivity index (χ1v) is 9.08. The Labute approximate surface area is 154 Å². The summed E-state index contributed by atoms with van der Waals surface area (Å²) in [5.74, 6) is -0.0148. The lowest BCUT2D eigenvalue weighted by Gasteiger charge is -2.28. The van der Waals surface area contributed by atoms with Gasteiger partial charge in [0.05, 0.1) is 12.7 Å². The molecule has 3 rings (SSSR count). The quantitative estimate of drug-likeness (QED) is 0.761. The third-order valence-electron chi connectivity index (χ3n) is 4.90. The first-order chi connectivity index (χ1) is 12.7. The van der Waals surface area contributed by atoms with Crippen molar-refractivity contribution in [3.63, 3.8) is 0 Å². The zero-order valence-corrected chi connectivity index (χ0v) is 15.1. The van der Waals surface area contributed by atoms with Crippen LogP contribution < -0.4 is 10.1 Å². The highest BCUT2D eigenvalue weighted by molar-refractivity contribution is 5.87. The minimum Gasteiger partial charge on any atom is -0.497 e. The van der Waals surface area contributed by atoms with Crippen molar-refractivity contribution in [1.82, 2.24) is 10.2 Å². The minimum absolute atomic E-state index is 0.287. The molecule has 1 aliphatic rings. The number of likely N-dealkylation sites (tertiary alicyclic amines) is 1. The van der Waals surface area contributed by atoms with Crippen molar-refractivity contribution in [1.29, 1.82) is 0 Å². The number of nitrogens with one attached hydrogen (secondary N) is 1. The fourth-order valence-corrected chi connectivity index (χ4v) is 3.53. The van der Waals surface area contributed by atoms with Crippen LogP contribution in [-0.2, 0) is 6.54 Å². The third-order valence-corrected chi connectivity index (χ3v) is 4.90. The summed E-state index contributed by atoms with van der Waals surface area (Å²) < 4.78 is 5.38. The van der Waals surface area contributed by atoms with Crippen molar-refractivity contribution in [2.75, 3.05) is 26.7 Å². The Morgan fingerprint density at radius 2 is 1.96 bits per heavy atom. The van der Waals surface area contributed by atoms with Gasteiger partial charge in [-0.2, -0.15) is 0 Å². The van der Waals surface area contributed by atoms with E-state index in [2.05, 4.69) is 22.3 Å². The topological polar surface area (TPSA) is 61.8 Å². The molecule has 2 aromatic carbocycles. The summed E-state index contributed by atoms with van der Waals surface area (Å²) in [7, 11) is 1.69. The highest BCUT2D eigenvalue weighted by Crippen LogP contribution is 2.27. The first-order valence-electron chi connectivity index (χ1n) is 9.08. The lowest BCUT2D eigenvalue weighted by molar-refractivity contribution is 0.0696. The summed E-state index contributed by atoms with van der Waals surface area (Å²) in [6.07, 6.45) is 2.47. The molecule has 1 heterocycles. The van der Waals surface area contributed by atoms with Crippen molar-refractivity contribution >= 4 is 5.97 Å². The molecule has 0 aromatic heterocycles. The Bertz CT molecular complexity index is 742. The van der Waals surface area contributed by atoms with Crippen LogP contribution in [0.25, 0.3) is 0 Å². The SMILES string of the molecule is COc1cccc(C(CNCc2cccc(C(=O)O)c2)N2CCCC2)c1. The fraction of sp³-hybridized carbons (Fsp3) is 0.381. The molecule has 5 heteroatoms. The monoisotopic (exact) mass is 354 g/mol. The summed E-state index contributed by atoms with van der Waals surface area (Å²) in [6.45, 7) is 3.68. The zero-order chi connectivity index (χ0) is 18.4. The molecule has 0 aliphatic carbocycles. The Hall–Kier alpha value is -2.37. The van der Waals surface area contributed by atoms with E-state index in [1.807, 2.05) is 18.2 Å². The molecule has 1 saturated heterocycles. The summed E-state index contributed by atoms with van der Waals surface area (Å²) in [5, 5.41) is 12.6. The van der Waals surface area contributed by atoms with E-state index < -0.39 is 5.97 Å². The van der Waals surface area contributed by atoms with Crippen LogP contribution in [0.2, 0.25) is 0 Å². The number of aromatic carboxylic acids is 1. The predicted molar refractivity (Wildman–Crippen MR) is 102 cm³/mol. The summed E-state index contributed by atoms with van der Waals surface area (Å²) in [6, 6.07) is 15.6. The van der Waals surface area contributed by atoms with Gasteiger partial charge in [-0.25, -0.2) is 4.79 Å². The number of hydrogen-bond donors (Lipinski definition) is 2. The van der Waals surface area contributed by atoms with Crippen LogP contribution in [-0.4, -0.2) is 42.7 Å². The molecular weight excluding hydrogens is 328 g/mol. The van der Waals surface area contributed by atoms with E-state index in [1.165, 1.54) is 18.4 Å². The summed E-state index contributed by atoms with van der Waals surface area (Å²) >= 11 is 0. The van der Waals surface area contributed by atoms with Gasteiger partial charge in [0.1, 0.15) is 5.75 Å². The van der Waals surface area contributed by atoms with Crippen LogP contribution in [0.1, 0.15) is 40.4 Å². The van der Waals surface area contributed by atoms with Gasteiger partial charge >= 0.3 is 5.97 Å². The summed E-state index contributed by atoms with van der Waals surface area (Å²) in [5.41, 5.74) is 2.56. The van der Waals surface area contributed by atoms with Gasteiger partial charge in [-0.15, -0.1) is 0 Å². The van der Waals surface area contributed by atoms with Crippen LogP contribution in [0, 0.1) is 0 Å². The van der Waals surface area contributed by atoms with Crippen LogP contribution in [0.4, 0.5) is 0 Å². The molecule has 0 radical (unpaired) electrons. The Balaban J connectivity index is 1.68. The number of nitrogens with zero attached hydrogens (tertiary/aromatic N) is 1. The van der Waals surface area contributed by atoms with Gasteiger partial charge in [0.25, 0.3) is 0 Å².